The minimum atomic E-state index is 0.535. The predicted molar refractivity (Wildman–Crippen MR) is 75.5 cm³/mol. The summed E-state index contributed by atoms with van der Waals surface area (Å²) in [6.07, 6.45) is 16.3. The van der Waals surface area contributed by atoms with E-state index in [1.54, 1.807) is 0 Å². The van der Waals surface area contributed by atoms with Crippen LogP contribution in [0.15, 0.2) is 12.2 Å². The van der Waals surface area contributed by atoms with Crippen molar-refractivity contribution in [1.82, 2.24) is 0 Å². The van der Waals surface area contributed by atoms with Gasteiger partial charge in [0.15, 0.2) is 0 Å². The summed E-state index contributed by atoms with van der Waals surface area (Å²) in [5.74, 6) is 0. The highest BCUT2D eigenvalue weighted by Gasteiger charge is 2.14. The highest BCUT2D eigenvalue weighted by Crippen LogP contribution is 2.28. The first-order valence-corrected chi connectivity index (χ1v) is 7.06. The van der Waals surface area contributed by atoms with Gasteiger partial charge in [0, 0.05) is 0 Å². The minimum Gasteiger partial charge on any atom is -0.0885 e. The topological polar surface area (TPSA) is 0 Å². The van der Waals surface area contributed by atoms with Crippen molar-refractivity contribution in [3.05, 3.63) is 19.1 Å². The summed E-state index contributed by atoms with van der Waals surface area (Å²) in [4.78, 5) is 0. The second-order valence-electron chi connectivity index (χ2n) is 5.63. The SMILES string of the molecule is [CH2]CCCCC/C=C/CCC(C)(C)CCC. The molecule has 0 aliphatic heterocycles. The molecule has 0 saturated carbocycles. The lowest BCUT2D eigenvalue weighted by Crippen LogP contribution is -2.09. The van der Waals surface area contributed by atoms with Crippen molar-refractivity contribution < 1.29 is 0 Å². The molecule has 0 unspecified atom stereocenters. The molecule has 16 heavy (non-hydrogen) atoms. The zero-order valence-electron chi connectivity index (χ0n) is 11.7. The van der Waals surface area contributed by atoms with Gasteiger partial charge >= 0.3 is 0 Å². The summed E-state index contributed by atoms with van der Waals surface area (Å²) < 4.78 is 0. The summed E-state index contributed by atoms with van der Waals surface area (Å²) in [6.45, 7) is 10.9. The van der Waals surface area contributed by atoms with Crippen LogP contribution in [0.25, 0.3) is 0 Å². The number of hydrogen-bond acceptors (Lipinski definition) is 0. The molecule has 0 aliphatic carbocycles. The average Bonchev–Trinajstić information content (AvgIpc) is 2.22. The van der Waals surface area contributed by atoms with Gasteiger partial charge in [0.1, 0.15) is 0 Å². The molecule has 0 aromatic carbocycles. The van der Waals surface area contributed by atoms with Crippen LogP contribution in [0.3, 0.4) is 0 Å². The van der Waals surface area contributed by atoms with Gasteiger partial charge in [0.2, 0.25) is 0 Å². The minimum absolute atomic E-state index is 0.535. The van der Waals surface area contributed by atoms with Crippen molar-refractivity contribution in [3.8, 4) is 0 Å². The quantitative estimate of drug-likeness (QED) is 0.318. The first kappa shape index (κ1) is 15.7. The lowest BCUT2D eigenvalue weighted by atomic mass is 9.83. The van der Waals surface area contributed by atoms with Crippen LogP contribution in [-0.4, -0.2) is 0 Å². The fraction of sp³-hybridized carbons (Fsp3) is 0.812. The van der Waals surface area contributed by atoms with Gasteiger partial charge in [-0.1, -0.05) is 65.5 Å². The Hall–Kier alpha value is -0.260. The van der Waals surface area contributed by atoms with E-state index in [0.29, 0.717) is 5.41 Å². The number of rotatable bonds is 10. The maximum atomic E-state index is 3.86. The normalized spacial score (nSPS) is 12.5. The van der Waals surface area contributed by atoms with Gasteiger partial charge in [0.25, 0.3) is 0 Å². The zero-order chi connectivity index (χ0) is 12.3. The van der Waals surface area contributed by atoms with E-state index in [1.807, 2.05) is 0 Å². The van der Waals surface area contributed by atoms with Gasteiger partial charge in [-0.25, -0.2) is 0 Å². The molecule has 0 heteroatoms. The highest BCUT2D eigenvalue weighted by molar-refractivity contribution is 4.83. The summed E-state index contributed by atoms with van der Waals surface area (Å²) >= 11 is 0. The Balaban J connectivity index is 3.39. The Morgan fingerprint density at radius 3 is 2.25 bits per heavy atom. The van der Waals surface area contributed by atoms with E-state index in [1.165, 1.54) is 51.4 Å². The summed E-state index contributed by atoms with van der Waals surface area (Å²) in [5, 5.41) is 0. The molecule has 0 aromatic heterocycles. The van der Waals surface area contributed by atoms with E-state index in [9.17, 15) is 0 Å². The van der Waals surface area contributed by atoms with Crippen molar-refractivity contribution in [3.63, 3.8) is 0 Å². The summed E-state index contributed by atoms with van der Waals surface area (Å²) in [6, 6.07) is 0. The van der Waals surface area contributed by atoms with E-state index in [2.05, 4.69) is 39.8 Å². The largest absolute Gasteiger partial charge is 0.0885 e. The molecule has 0 aromatic rings. The monoisotopic (exact) mass is 223 g/mol. The van der Waals surface area contributed by atoms with E-state index < -0.39 is 0 Å². The molecule has 0 nitrogen and oxygen atoms in total. The predicted octanol–water partition coefficient (Wildman–Crippen LogP) is 5.93. The maximum Gasteiger partial charge on any atom is -0.0346 e. The van der Waals surface area contributed by atoms with Crippen molar-refractivity contribution in [2.45, 2.75) is 78.6 Å². The van der Waals surface area contributed by atoms with Gasteiger partial charge in [-0.05, 0) is 37.5 Å². The molecule has 0 fully saturated rings. The third-order valence-electron chi connectivity index (χ3n) is 3.20. The molecule has 0 rings (SSSR count). The van der Waals surface area contributed by atoms with Crippen LogP contribution in [0.1, 0.15) is 78.6 Å². The first-order valence-electron chi connectivity index (χ1n) is 7.06. The fourth-order valence-corrected chi connectivity index (χ4v) is 2.13. The molecule has 0 aliphatic rings. The second-order valence-corrected chi connectivity index (χ2v) is 5.63. The van der Waals surface area contributed by atoms with Crippen molar-refractivity contribution >= 4 is 0 Å². The second kappa shape index (κ2) is 9.93. The zero-order valence-corrected chi connectivity index (χ0v) is 11.7. The Labute approximate surface area is 104 Å². The van der Waals surface area contributed by atoms with Crippen LogP contribution in [0.5, 0.6) is 0 Å². The van der Waals surface area contributed by atoms with Gasteiger partial charge in [0.05, 0.1) is 0 Å². The molecule has 0 bridgehead atoms. The van der Waals surface area contributed by atoms with Gasteiger partial charge < -0.3 is 0 Å². The van der Waals surface area contributed by atoms with Crippen molar-refractivity contribution in [2.75, 3.05) is 0 Å². The molecule has 95 valence electrons. The Morgan fingerprint density at radius 2 is 1.62 bits per heavy atom. The van der Waals surface area contributed by atoms with E-state index in [4.69, 9.17) is 0 Å². The molecule has 0 atom stereocenters. The third kappa shape index (κ3) is 10.3. The highest BCUT2D eigenvalue weighted by atomic mass is 14.2. The van der Waals surface area contributed by atoms with Crippen LogP contribution < -0.4 is 0 Å². The van der Waals surface area contributed by atoms with Crippen molar-refractivity contribution in [1.29, 1.82) is 0 Å². The van der Waals surface area contributed by atoms with Crippen LogP contribution in [0, 0.1) is 12.3 Å². The van der Waals surface area contributed by atoms with Crippen LogP contribution >= 0.6 is 0 Å². The van der Waals surface area contributed by atoms with E-state index >= 15 is 0 Å². The van der Waals surface area contributed by atoms with Gasteiger partial charge in [-0.2, -0.15) is 0 Å². The Kier molecular flexibility index (Phi) is 9.77. The first-order chi connectivity index (χ1) is 7.62. The fourth-order valence-electron chi connectivity index (χ4n) is 2.13. The lowest BCUT2D eigenvalue weighted by Gasteiger charge is -2.22. The smallest absolute Gasteiger partial charge is 0.0346 e. The Morgan fingerprint density at radius 1 is 0.938 bits per heavy atom. The van der Waals surface area contributed by atoms with Crippen LogP contribution in [0.2, 0.25) is 0 Å². The Bertz CT molecular complexity index is 165. The molecular formula is C16H31. The van der Waals surface area contributed by atoms with E-state index in [0.717, 1.165) is 6.42 Å². The molecule has 0 amide bonds. The van der Waals surface area contributed by atoms with Gasteiger partial charge in [-0.15, -0.1) is 0 Å². The lowest BCUT2D eigenvalue weighted by molar-refractivity contribution is 0.307. The standard InChI is InChI=1S/C16H31/c1-5-7-8-9-10-11-12-13-15-16(3,4)14-6-2/h11-12H,1,5-10,13-15H2,2-4H3/b12-11+. The van der Waals surface area contributed by atoms with Gasteiger partial charge in [-0.3, -0.25) is 0 Å². The maximum absolute atomic E-state index is 3.86. The van der Waals surface area contributed by atoms with Crippen LogP contribution in [0.4, 0.5) is 0 Å². The molecule has 1 radical (unpaired) electrons. The number of hydrogen-bond donors (Lipinski definition) is 0. The van der Waals surface area contributed by atoms with Crippen molar-refractivity contribution in [2.24, 2.45) is 5.41 Å². The molecule has 0 N–H and O–H groups in total. The summed E-state index contributed by atoms with van der Waals surface area (Å²) in [5.41, 5.74) is 0.535. The summed E-state index contributed by atoms with van der Waals surface area (Å²) in [7, 11) is 0. The molecular weight excluding hydrogens is 192 g/mol. The third-order valence-corrected chi connectivity index (χ3v) is 3.20. The average molecular weight is 223 g/mol. The van der Waals surface area contributed by atoms with Crippen LogP contribution in [-0.2, 0) is 0 Å². The number of allylic oxidation sites excluding steroid dienone is 2. The van der Waals surface area contributed by atoms with E-state index in [-0.39, 0.29) is 0 Å². The molecule has 0 saturated heterocycles. The number of unbranched alkanes of at least 4 members (excludes halogenated alkanes) is 4. The molecule has 0 spiro atoms. The molecule has 0 heterocycles.